The first-order valence-electron chi connectivity index (χ1n) is 8.88. The van der Waals surface area contributed by atoms with Gasteiger partial charge in [0, 0.05) is 18.7 Å². The summed E-state index contributed by atoms with van der Waals surface area (Å²) in [6.45, 7) is 0.736. The van der Waals surface area contributed by atoms with Crippen molar-refractivity contribution >= 4 is 11.7 Å². The molecule has 1 aromatic heterocycles. The van der Waals surface area contributed by atoms with Crippen molar-refractivity contribution in [1.82, 2.24) is 15.5 Å². The first kappa shape index (κ1) is 19.3. The largest absolute Gasteiger partial charge is 0.496 e. The van der Waals surface area contributed by atoms with Crippen LogP contribution in [-0.2, 0) is 13.0 Å². The number of carbonyl (C=O) groups excluding carboxylic acids is 1. The van der Waals surface area contributed by atoms with Crippen LogP contribution in [0.3, 0.4) is 0 Å². The lowest BCUT2D eigenvalue weighted by Crippen LogP contribution is -2.27. The van der Waals surface area contributed by atoms with Crippen LogP contribution >= 0.6 is 0 Å². The molecule has 7 heteroatoms. The number of benzene rings is 2. The molecular weight excluding hydrogens is 359 g/mol. The van der Waals surface area contributed by atoms with Gasteiger partial charge in [0.15, 0.2) is 5.69 Å². The van der Waals surface area contributed by atoms with Crippen molar-refractivity contribution < 1.29 is 13.9 Å². The normalized spacial score (nSPS) is 10.4. The molecule has 0 aliphatic rings. The highest BCUT2D eigenvalue weighted by Gasteiger charge is 2.09. The fourth-order valence-electron chi connectivity index (χ4n) is 2.69. The van der Waals surface area contributed by atoms with Gasteiger partial charge in [-0.15, -0.1) is 10.2 Å². The highest BCUT2D eigenvalue weighted by Crippen LogP contribution is 2.17. The minimum absolute atomic E-state index is 0.219. The second-order valence-electron chi connectivity index (χ2n) is 6.07. The first-order chi connectivity index (χ1) is 13.7. The van der Waals surface area contributed by atoms with Gasteiger partial charge in [0.05, 0.1) is 7.11 Å². The average Bonchev–Trinajstić information content (AvgIpc) is 2.74. The maximum absolute atomic E-state index is 13.6. The van der Waals surface area contributed by atoms with E-state index in [2.05, 4.69) is 20.8 Å². The number of nitrogens with one attached hydrogen (secondary N) is 2. The van der Waals surface area contributed by atoms with Gasteiger partial charge in [0.1, 0.15) is 17.4 Å². The van der Waals surface area contributed by atoms with Gasteiger partial charge in [-0.1, -0.05) is 36.4 Å². The molecule has 6 nitrogen and oxygen atoms in total. The van der Waals surface area contributed by atoms with Crippen LogP contribution in [0, 0.1) is 5.82 Å². The number of hydrogen-bond acceptors (Lipinski definition) is 5. The fraction of sp³-hybridized carbons (Fsp3) is 0.190. The Balaban J connectivity index is 1.50. The minimum atomic E-state index is -0.303. The van der Waals surface area contributed by atoms with Gasteiger partial charge in [0.2, 0.25) is 0 Å². The zero-order valence-corrected chi connectivity index (χ0v) is 15.5. The number of rotatable bonds is 8. The number of para-hydroxylation sites is 1. The van der Waals surface area contributed by atoms with E-state index in [1.54, 1.807) is 37.4 Å². The molecule has 3 rings (SSSR count). The third-order valence-electron chi connectivity index (χ3n) is 4.19. The van der Waals surface area contributed by atoms with Crippen molar-refractivity contribution in [2.75, 3.05) is 19.0 Å². The molecule has 144 valence electrons. The zero-order valence-electron chi connectivity index (χ0n) is 15.5. The predicted molar refractivity (Wildman–Crippen MR) is 105 cm³/mol. The Morgan fingerprint density at radius 1 is 1.00 bits per heavy atom. The van der Waals surface area contributed by atoms with E-state index in [0.29, 0.717) is 24.3 Å². The molecule has 3 aromatic rings. The molecule has 0 aliphatic carbocycles. The summed E-state index contributed by atoms with van der Waals surface area (Å²) in [7, 11) is 1.62. The molecular formula is C21H21FN4O2. The Kier molecular flexibility index (Phi) is 6.51. The summed E-state index contributed by atoms with van der Waals surface area (Å²) in [5.74, 6) is 0.674. The van der Waals surface area contributed by atoms with Crippen LogP contribution in [0.1, 0.15) is 21.6 Å². The van der Waals surface area contributed by atoms with Crippen LogP contribution in [-0.4, -0.2) is 29.8 Å². The van der Waals surface area contributed by atoms with Crippen molar-refractivity contribution in [3.05, 3.63) is 83.3 Å². The lowest BCUT2D eigenvalue weighted by molar-refractivity contribution is 0.0948. The molecule has 1 heterocycles. The lowest BCUT2D eigenvalue weighted by Gasteiger charge is -2.09. The summed E-state index contributed by atoms with van der Waals surface area (Å²) in [5, 5.41) is 13.7. The Hall–Kier alpha value is -3.48. The zero-order chi connectivity index (χ0) is 19.8. The number of aromatic nitrogens is 2. The van der Waals surface area contributed by atoms with E-state index in [1.165, 1.54) is 6.07 Å². The molecule has 28 heavy (non-hydrogen) atoms. The Morgan fingerprint density at radius 2 is 1.75 bits per heavy atom. The fourth-order valence-corrected chi connectivity index (χ4v) is 2.69. The monoisotopic (exact) mass is 380 g/mol. The predicted octanol–water partition coefficient (Wildman–Crippen LogP) is 3.21. The van der Waals surface area contributed by atoms with Crippen molar-refractivity contribution in [2.24, 2.45) is 0 Å². The van der Waals surface area contributed by atoms with Gasteiger partial charge in [0.25, 0.3) is 5.91 Å². The molecule has 2 aromatic carbocycles. The van der Waals surface area contributed by atoms with E-state index in [4.69, 9.17) is 4.74 Å². The van der Waals surface area contributed by atoms with Crippen LogP contribution in [0.5, 0.6) is 5.75 Å². The van der Waals surface area contributed by atoms with E-state index in [9.17, 15) is 9.18 Å². The molecule has 0 saturated carbocycles. The van der Waals surface area contributed by atoms with Crippen LogP contribution in [0.4, 0.5) is 10.2 Å². The SMILES string of the molecule is COc1ccccc1CCNC(=O)c1ccc(NCc2ccccc2F)nn1. The maximum Gasteiger partial charge on any atom is 0.271 e. The summed E-state index contributed by atoms with van der Waals surface area (Å²) in [4.78, 5) is 12.2. The number of nitrogens with zero attached hydrogens (tertiary/aromatic N) is 2. The van der Waals surface area contributed by atoms with Gasteiger partial charge in [-0.25, -0.2) is 4.39 Å². The van der Waals surface area contributed by atoms with E-state index in [0.717, 1.165) is 11.3 Å². The van der Waals surface area contributed by atoms with E-state index in [-0.39, 0.29) is 24.0 Å². The number of hydrogen-bond donors (Lipinski definition) is 2. The molecule has 0 bridgehead atoms. The molecule has 0 atom stereocenters. The standard InChI is InChI=1S/C21H21FN4O2/c1-28-19-9-5-3-6-15(19)12-13-23-21(27)18-10-11-20(26-25-18)24-14-16-7-2-4-8-17(16)22/h2-11H,12-14H2,1H3,(H,23,27)(H,24,26). The summed E-state index contributed by atoms with van der Waals surface area (Å²) in [6.07, 6.45) is 0.644. The number of ether oxygens (including phenoxy) is 1. The lowest BCUT2D eigenvalue weighted by atomic mass is 10.1. The molecule has 0 unspecified atom stereocenters. The summed E-state index contributed by atoms with van der Waals surface area (Å²) in [5.41, 5.74) is 1.77. The molecule has 0 saturated heterocycles. The van der Waals surface area contributed by atoms with Gasteiger partial charge < -0.3 is 15.4 Å². The molecule has 0 aliphatic heterocycles. The quantitative estimate of drug-likeness (QED) is 0.628. The number of amides is 1. The van der Waals surface area contributed by atoms with Gasteiger partial charge >= 0.3 is 0 Å². The molecule has 1 amide bonds. The number of carbonyl (C=O) groups is 1. The second kappa shape index (κ2) is 9.45. The van der Waals surface area contributed by atoms with Crippen molar-refractivity contribution in [1.29, 1.82) is 0 Å². The van der Waals surface area contributed by atoms with E-state index in [1.807, 2.05) is 24.3 Å². The number of anilines is 1. The summed E-state index contributed by atoms with van der Waals surface area (Å²) < 4.78 is 18.9. The van der Waals surface area contributed by atoms with Gasteiger partial charge in [-0.2, -0.15) is 0 Å². The van der Waals surface area contributed by atoms with Crippen LogP contribution in [0.2, 0.25) is 0 Å². The molecule has 0 spiro atoms. The smallest absolute Gasteiger partial charge is 0.271 e. The number of halogens is 1. The topological polar surface area (TPSA) is 76.1 Å². The van der Waals surface area contributed by atoms with Crippen LogP contribution in [0.15, 0.2) is 60.7 Å². The summed E-state index contributed by atoms with van der Waals surface area (Å²) in [6, 6.07) is 17.4. The molecule has 2 N–H and O–H groups in total. The first-order valence-corrected chi connectivity index (χ1v) is 8.88. The van der Waals surface area contributed by atoms with Gasteiger partial charge in [-0.05, 0) is 36.2 Å². The molecule has 0 fully saturated rings. The highest BCUT2D eigenvalue weighted by atomic mass is 19.1. The van der Waals surface area contributed by atoms with Crippen LogP contribution in [0.25, 0.3) is 0 Å². The Bertz CT molecular complexity index is 932. The molecule has 0 radical (unpaired) electrons. The average molecular weight is 380 g/mol. The van der Waals surface area contributed by atoms with Crippen molar-refractivity contribution in [2.45, 2.75) is 13.0 Å². The summed E-state index contributed by atoms with van der Waals surface area (Å²) >= 11 is 0. The van der Waals surface area contributed by atoms with Crippen molar-refractivity contribution in [3.8, 4) is 5.75 Å². The number of methoxy groups -OCH3 is 1. The maximum atomic E-state index is 13.6. The third kappa shape index (κ3) is 5.03. The minimum Gasteiger partial charge on any atom is -0.496 e. The van der Waals surface area contributed by atoms with Crippen molar-refractivity contribution in [3.63, 3.8) is 0 Å². The van der Waals surface area contributed by atoms with E-state index >= 15 is 0 Å². The highest BCUT2D eigenvalue weighted by molar-refractivity contribution is 5.92. The van der Waals surface area contributed by atoms with E-state index < -0.39 is 0 Å². The van der Waals surface area contributed by atoms with Gasteiger partial charge in [-0.3, -0.25) is 4.79 Å². The van der Waals surface area contributed by atoms with Crippen LogP contribution < -0.4 is 15.4 Å². The second-order valence-corrected chi connectivity index (χ2v) is 6.07. The Labute approximate surface area is 162 Å². The Morgan fingerprint density at radius 3 is 2.46 bits per heavy atom. The third-order valence-corrected chi connectivity index (χ3v) is 4.19.